The van der Waals surface area contributed by atoms with Gasteiger partial charge in [0.2, 0.25) is 0 Å². The summed E-state index contributed by atoms with van der Waals surface area (Å²) >= 11 is 0. The Bertz CT molecular complexity index is 2770. The molecule has 0 aliphatic carbocycles. The molecule has 0 aromatic carbocycles. The summed E-state index contributed by atoms with van der Waals surface area (Å²) in [5.74, 6) is -1.83. The van der Waals surface area contributed by atoms with Crippen molar-refractivity contribution >= 4 is 23.5 Å². The maximum atomic E-state index is 12.4. The van der Waals surface area contributed by atoms with Gasteiger partial charge >= 0.3 is 0 Å². The van der Waals surface area contributed by atoms with Gasteiger partial charge in [0, 0.05) is 51.4 Å². The molecule has 0 aromatic heterocycles. The molecule has 3 aliphatic heterocycles. The standard InChI is InChI=1S/C42H86NO6P.C41H84NO6P.C39H80NO6P/c1-6-8-10-12-14-16-18-20-22-24-26-28-30-32-35-42(36-33-31-29-27-25-23-21-19-17-15-13-11-9-7-2)46-39-41(49-42)40-48-50(44,45)47-38-34-37-43(3,4)5;1-6-8-10-12-14-16-18-20-22-24-26-28-30-32-34-41(35-33-31-29-27-25-23-21-19-17-15-13-11-9-7-2)45-38-40(48-41)39-47-49(43,44)46-37-36-42(3,4)5;1-3-5-7-9-11-13-15-17-19-21-23-25-27-29-32-39(43-36-38(46-39)37-45-47(41,42)44-35-31-34-40)33-30-28-26-24-22-20-18-16-14-12-10-8-6-4-2/h41H,6-40H2,1-5H3;40H,6-39H2,1-5H3;38H,3-37,40H2,1-2H3,(H,41,42). The van der Waals surface area contributed by atoms with Gasteiger partial charge in [-0.15, -0.1) is 0 Å². The highest BCUT2D eigenvalue weighted by atomic mass is 31.2. The Morgan fingerprint density at radius 1 is 0.219 bits per heavy atom. The van der Waals surface area contributed by atoms with E-state index in [-0.39, 0.29) is 58.0 Å². The highest BCUT2D eigenvalue weighted by Gasteiger charge is 2.44. The zero-order valence-electron chi connectivity index (χ0n) is 99.1. The van der Waals surface area contributed by atoms with E-state index in [4.69, 9.17) is 55.6 Å². The zero-order valence-corrected chi connectivity index (χ0v) is 102. The predicted molar refractivity (Wildman–Crippen MR) is 612 cm³/mol. The molecule has 3 fully saturated rings. The minimum Gasteiger partial charge on any atom is -0.756 e. The van der Waals surface area contributed by atoms with Crippen LogP contribution in [0.3, 0.4) is 0 Å². The van der Waals surface area contributed by atoms with Crippen LogP contribution in [0.15, 0.2) is 0 Å². The molecular weight excluding hydrogens is 1890 g/mol. The van der Waals surface area contributed by atoms with E-state index in [0.29, 0.717) is 50.2 Å². The third-order valence-corrected chi connectivity index (χ3v) is 33.2. The van der Waals surface area contributed by atoms with Crippen molar-refractivity contribution in [1.82, 2.24) is 0 Å². The van der Waals surface area contributed by atoms with Gasteiger partial charge in [0.25, 0.3) is 23.5 Å². The molecule has 3 N–H and O–H groups in total. The second-order valence-corrected chi connectivity index (χ2v) is 51.5. The van der Waals surface area contributed by atoms with E-state index in [1.54, 1.807) is 0 Å². The van der Waals surface area contributed by atoms with Gasteiger partial charge in [0.05, 0.1) is 108 Å². The van der Waals surface area contributed by atoms with Crippen molar-refractivity contribution in [2.24, 2.45) is 0 Å². The number of rotatable bonds is 112. The predicted octanol–water partition coefficient (Wildman–Crippen LogP) is 35.5. The van der Waals surface area contributed by atoms with Crippen LogP contribution in [0.5, 0.6) is 0 Å². The number of phosphoric ester groups is 3. The molecule has 21 nitrogen and oxygen atoms in total. The van der Waals surface area contributed by atoms with E-state index in [2.05, 4.69) is 68.4 Å². The lowest BCUT2D eigenvalue weighted by Crippen LogP contribution is -2.50. The van der Waals surface area contributed by atoms with Crippen LogP contribution in [0.1, 0.15) is 632 Å². The lowest BCUT2D eigenvalue weighted by Gasteiger charge is -2.29. The first kappa shape index (κ1) is 144. The van der Waals surface area contributed by atoms with Gasteiger partial charge in [-0.3, -0.25) is 13.7 Å². The number of quaternary nitrogens is 3. The molecule has 3 heterocycles. The first-order valence-electron chi connectivity index (χ1n) is 63.9. The Hall–Kier alpha value is -0.0300. The summed E-state index contributed by atoms with van der Waals surface area (Å²) < 4.78 is 107. The summed E-state index contributed by atoms with van der Waals surface area (Å²) in [5.41, 5.74) is 3.72. The molecule has 3 aliphatic rings. The molecule has 146 heavy (non-hydrogen) atoms. The lowest BCUT2D eigenvalue weighted by molar-refractivity contribution is -0.870. The van der Waals surface area contributed by atoms with Gasteiger partial charge in [-0.1, -0.05) is 542 Å². The van der Waals surface area contributed by atoms with Crippen molar-refractivity contribution in [3.63, 3.8) is 0 Å². The number of unbranched alkanes of at least 4 members (excludes halogenated alkanes) is 78. The normalized spacial score (nSPS) is 17.5. The van der Waals surface area contributed by atoms with E-state index in [1.165, 1.54) is 501 Å². The number of likely N-dealkylation sites (N-methyl/N-ethyl adjacent to an activating group) is 1. The minimum atomic E-state index is -4.37. The molecular formula is C122H250N3O18P3. The summed E-state index contributed by atoms with van der Waals surface area (Å²) in [7, 11) is -0.843. The lowest BCUT2D eigenvalue weighted by atomic mass is 9.98. The van der Waals surface area contributed by atoms with Crippen LogP contribution >= 0.6 is 23.5 Å². The second kappa shape index (κ2) is 100. The minimum absolute atomic E-state index is 0.0463. The van der Waals surface area contributed by atoms with Gasteiger partial charge in [0.1, 0.15) is 31.5 Å². The summed E-state index contributed by atoms with van der Waals surface area (Å²) in [4.78, 5) is 36.9. The van der Waals surface area contributed by atoms with E-state index in [0.717, 1.165) is 88.1 Å². The van der Waals surface area contributed by atoms with Crippen molar-refractivity contribution in [2.75, 3.05) is 121 Å². The molecule has 6 atom stereocenters. The first-order valence-corrected chi connectivity index (χ1v) is 68.2. The first-order chi connectivity index (χ1) is 70.7. The van der Waals surface area contributed by atoms with Gasteiger partial charge in [-0.25, -0.2) is 0 Å². The number of phosphoric acid groups is 3. The van der Waals surface area contributed by atoms with E-state index in [1.807, 2.05) is 21.1 Å². The Morgan fingerprint density at radius 3 is 0.527 bits per heavy atom. The van der Waals surface area contributed by atoms with E-state index >= 15 is 0 Å². The van der Waals surface area contributed by atoms with Crippen LogP contribution < -0.4 is 20.4 Å². The Balaban J connectivity index is 0.00000110. The highest BCUT2D eigenvalue weighted by Crippen LogP contribution is 2.45. The summed E-state index contributed by atoms with van der Waals surface area (Å²) in [6.45, 7) is 17.1. The van der Waals surface area contributed by atoms with Gasteiger partial charge in [-0.2, -0.15) is 0 Å². The summed E-state index contributed by atoms with van der Waals surface area (Å²) in [6, 6.07) is 0. The van der Waals surface area contributed by atoms with Crippen LogP contribution in [0.25, 0.3) is 0 Å². The molecule has 3 saturated heterocycles. The number of hydrogen-bond acceptors (Lipinski definition) is 18. The van der Waals surface area contributed by atoms with Crippen LogP contribution in [0.4, 0.5) is 0 Å². The van der Waals surface area contributed by atoms with Crippen molar-refractivity contribution in [1.29, 1.82) is 0 Å². The van der Waals surface area contributed by atoms with Crippen LogP contribution in [-0.4, -0.2) is 166 Å². The monoisotopic (exact) mass is 2140 g/mol. The number of nitrogens with zero attached hydrogens (tertiary/aromatic N) is 2. The Morgan fingerprint density at radius 2 is 0.370 bits per heavy atom. The SMILES string of the molecule is CCCCCCCCCCCCCCCCC1(CCCCCCCCCCCCCCCC)OCC(COP(=O)([O-])OCCC[N+](C)(C)C)O1.CCCCCCCCCCCCCCCCC1(CCCCCCCCCCCCCCCC)OCC(COP(=O)([O-])OCCC[NH3+])O1.CCCCCCCCCCCCCCCCC1(CCCCCCCCCCCCCCCC)OCC(COP(=O)([O-])OCC[N+](C)(C)C)O1. The van der Waals surface area contributed by atoms with Crippen LogP contribution in [-0.2, 0) is 69.3 Å². The molecule has 0 bridgehead atoms. The van der Waals surface area contributed by atoms with Gasteiger partial charge in [-0.05, 0) is 38.5 Å². The number of ether oxygens (including phenoxy) is 6. The Kier molecular flexibility index (Phi) is 99.0. The molecule has 876 valence electrons. The fraction of sp³-hybridized carbons (Fsp3) is 1.00. The van der Waals surface area contributed by atoms with E-state index in [9.17, 15) is 28.4 Å². The van der Waals surface area contributed by atoms with Crippen LogP contribution in [0.2, 0.25) is 0 Å². The van der Waals surface area contributed by atoms with E-state index < -0.39 is 40.8 Å². The van der Waals surface area contributed by atoms with Crippen molar-refractivity contribution in [2.45, 2.75) is 668 Å². The molecule has 0 saturated carbocycles. The van der Waals surface area contributed by atoms with Gasteiger partial charge < -0.3 is 84.9 Å². The molecule has 0 radical (unpaired) electrons. The molecule has 6 unspecified atom stereocenters. The largest absolute Gasteiger partial charge is 0.756 e. The number of hydrogen-bond donors (Lipinski definition) is 1. The second-order valence-electron chi connectivity index (χ2n) is 47.3. The highest BCUT2D eigenvalue weighted by molar-refractivity contribution is 7.46. The summed E-state index contributed by atoms with van der Waals surface area (Å²) in [5, 5.41) is 0. The Labute approximate surface area is 906 Å². The third-order valence-electron chi connectivity index (χ3n) is 30.3. The average molecular weight is 2140 g/mol. The molecule has 3 rings (SSSR count). The fourth-order valence-corrected chi connectivity index (χ4v) is 23.1. The topological polar surface area (TPSA) is 259 Å². The maximum absolute atomic E-state index is 12.4. The average Bonchev–Trinajstić information content (AvgIpc) is 1.69. The molecule has 0 spiro atoms. The van der Waals surface area contributed by atoms with Crippen molar-refractivity contribution in [3.8, 4) is 0 Å². The van der Waals surface area contributed by atoms with Crippen LogP contribution in [0, 0.1) is 0 Å². The fourth-order valence-electron chi connectivity index (χ4n) is 20.8. The smallest absolute Gasteiger partial charge is 0.268 e. The van der Waals surface area contributed by atoms with Crippen molar-refractivity contribution < 1.29 is 98.6 Å². The maximum Gasteiger partial charge on any atom is 0.268 e. The quantitative estimate of drug-likeness (QED) is 0.0337. The van der Waals surface area contributed by atoms with Crippen molar-refractivity contribution in [3.05, 3.63) is 0 Å². The molecule has 0 amide bonds. The van der Waals surface area contributed by atoms with Gasteiger partial charge in [0.15, 0.2) is 17.4 Å². The third kappa shape index (κ3) is 95.0. The zero-order chi connectivity index (χ0) is 107. The molecule has 24 heteroatoms. The molecule has 0 aromatic rings. The summed E-state index contributed by atoms with van der Waals surface area (Å²) in [6.07, 6.45) is 118.